The van der Waals surface area contributed by atoms with Crippen LogP contribution in [0.4, 0.5) is 10.1 Å². The van der Waals surface area contributed by atoms with Crippen molar-refractivity contribution in [1.29, 1.82) is 0 Å². The summed E-state index contributed by atoms with van der Waals surface area (Å²) in [5.41, 5.74) is 0.669. The number of anilines is 1. The van der Waals surface area contributed by atoms with Crippen molar-refractivity contribution in [3.63, 3.8) is 0 Å². The highest BCUT2D eigenvalue weighted by Crippen LogP contribution is 2.21. The first kappa shape index (κ1) is 17.0. The average molecular weight is 357 g/mol. The number of benzene rings is 1. The van der Waals surface area contributed by atoms with Gasteiger partial charge in [-0.15, -0.1) is 11.3 Å². The molecular formula is C18H16FN3O2S. The number of thiophene rings is 1. The zero-order valence-corrected chi connectivity index (χ0v) is 14.1. The van der Waals surface area contributed by atoms with Crippen LogP contribution >= 0.6 is 11.3 Å². The third-order valence-corrected chi connectivity index (χ3v) is 4.45. The minimum atomic E-state index is -0.475. The van der Waals surface area contributed by atoms with Crippen molar-refractivity contribution < 1.29 is 9.18 Å². The van der Waals surface area contributed by atoms with Crippen molar-refractivity contribution in [2.45, 2.75) is 19.4 Å². The quantitative estimate of drug-likeness (QED) is 0.734. The first-order chi connectivity index (χ1) is 12.1. The van der Waals surface area contributed by atoms with Gasteiger partial charge < -0.3 is 5.32 Å². The monoisotopic (exact) mass is 357 g/mol. The standard InChI is InChI=1S/C18H16FN3O2S/c19-13-5-1-2-6-14(13)20-17(23)8-3-11-22-18(24)10-9-15(21-22)16-7-4-12-25-16/h1-2,4-7,9-10,12H,3,8,11H2,(H,20,23). The summed E-state index contributed by atoms with van der Waals surface area (Å²) in [4.78, 5) is 24.8. The van der Waals surface area contributed by atoms with Crippen LogP contribution in [0.5, 0.6) is 0 Å². The highest BCUT2D eigenvalue weighted by molar-refractivity contribution is 7.13. The molecule has 0 unspecified atom stereocenters. The van der Waals surface area contributed by atoms with Crippen molar-refractivity contribution in [2.24, 2.45) is 0 Å². The minimum Gasteiger partial charge on any atom is -0.324 e. The third kappa shape index (κ3) is 4.39. The van der Waals surface area contributed by atoms with Gasteiger partial charge in [0, 0.05) is 19.0 Å². The number of halogens is 1. The molecule has 2 aromatic heterocycles. The number of nitrogens with zero attached hydrogens (tertiary/aromatic N) is 2. The lowest BCUT2D eigenvalue weighted by atomic mass is 10.2. The van der Waals surface area contributed by atoms with Crippen LogP contribution in [-0.4, -0.2) is 15.7 Å². The Morgan fingerprint density at radius 3 is 2.76 bits per heavy atom. The molecule has 7 heteroatoms. The number of aromatic nitrogens is 2. The lowest BCUT2D eigenvalue weighted by Gasteiger charge is -2.08. The van der Waals surface area contributed by atoms with Gasteiger partial charge in [0.05, 0.1) is 10.6 Å². The lowest BCUT2D eigenvalue weighted by molar-refractivity contribution is -0.116. The molecule has 5 nitrogen and oxygen atoms in total. The second-order valence-electron chi connectivity index (χ2n) is 5.39. The molecule has 0 spiro atoms. The normalized spacial score (nSPS) is 10.6. The number of carbonyl (C=O) groups excluding carboxylic acids is 1. The van der Waals surface area contributed by atoms with Crippen LogP contribution < -0.4 is 10.9 Å². The zero-order valence-electron chi connectivity index (χ0n) is 13.3. The molecule has 3 aromatic rings. The number of amides is 1. The summed E-state index contributed by atoms with van der Waals surface area (Å²) in [7, 11) is 0. The van der Waals surface area contributed by atoms with E-state index >= 15 is 0 Å². The molecule has 0 aliphatic heterocycles. The van der Waals surface area contributed by atoms with Crippen LogP contribution in [-0.2, 0) is 11.3 Å². The number of aryl methyl sites for hydroxylation is 1. The van der Waals surface area contributed by atoms with E-state index in [1.807, 2.05) is 17.5 Å². The largest absolute Gasteiger partial charge is 0.324 e. The highest BCUT2D eigenvalue weighted by Gasteiger charge is 2.08. The van der Waals surface area contributed by atoms with E-state index < -0.39 is 5.82 Å². The molecule has 128 valence electrons. The molecule has 1 N–H and O–H groups in total. The van der Waals surface area contributed by atoms with Crippen molar-refractivity contribution >= 4 is 22.9 Å². The predicted octanol–water partition coefficient (Wildman–Crippen LogP) is 3.53. The number of hydrogen-bond donors (Lipinski definition) is 1. The maximum absolute atomic E-state index is 13.5. The van der Waals surface area contributed by atoms with Gasteiger partial charge in [-0.2, -0.15) is 5.10 Å². The summed E-state index contributed by atoms with van der Waals surface area (Å²) >= 11 is 1.54. The van der Waals surface area contributed by atoms with Crippen LogP contribution in [0.15, 0.2) is 58.7 Å². The molecule has 1 aromatic carbocycles. The Morgan fingerprint density at radius 2 is 2.00 bits per heavy atom. The zero-order chi connectivity index (χ0) is 17.6. The summed E-state index contributed by atoms with van der Waals surface area (Å²) < 4.78 is 14.9. The molecular weight excluding hydrogens is 341 g/mol. The van der Waals surface area contributed by atoms with Gasteiger partial charge in [-0.1, -0.05) is 18.2 Å². The second kappa shape index (κ2) is 7.85. The fraction of sp³-hybridized carbons (Fsp3) is 0.167. The summed E-state index contributed by atoms with van der Waals surface area (Å²) in [6.07, 6.45) is 0.604. The Bertz CT molecular complexity index is 922. The molecule has 2 heterocycles. The molecule has 0 fully saturated rings. The Kier molecular flexibility index (Phi) is 5.35. The van der Waals surface area contributed by atoms with E-state index in [1.54, 1.807) is 29.5 Å². The van der Waals surface area contributed by atoms with Crippen LogP contribution in [0.3, 0.4) is 0 Å². The van der Waals surface area contributed by atoms with Gasteiger partial charge in [0.25, 0.3) is 5.56 Å². The second-order valence-corrected chi connectivity index (χ2v) is 6.34. The van der Waals surface area contributed by atoms with Gasteiger partial charge in [-0.25, -0.2) is 9.07 Å². The van der Waals surface area contributed by atoms with Gasteiger partial charge >= 0.3 is 0 Å². The van der Waals surface area contributed by atoms with E-state index in [0.717, 1.165) is 10.6 Å². The third-order valence-electron chi connectivity index (χ3n) is 3.56. The number of nitrogens with one attached hydrogen (secondary N) is 1. The van der Waals surface area contributed by atoms with Gasteiger partial charge in [-0.3, -0.25) is 9.59 Å². The Balaban J connectivity index is 1.58. The summed E-state index contributed by atoms with van der Waals surface area (Å²) in [6.45, 7) is 0.322. The van der Waals surface area contributed by atoms with Crippen LogP contribution in [0, 0.1) is 5.82 Å². The summed E-state index contributed by atoms with van der Waals surface area (Å²) in [6, 6.07) is 13.0. The number of hydrogen-bond acceptors (Lipinski definition) is 4. The predicted molar refractivity (Wildman–Crippen MR) is 96.1 cm³/mol. The molecule has 0 saturated heterocycles. The van der Waals surface area contributed by atoms with Crippen molar-refractivity contribution in [3.8, 4) is 10.6 Å². The van der Waals surface area contributed by atoms with E-state index in [4.69, 9.17) is 0 Å². The van der Waals surface area contributed by atoms with Crippen molar-refractivity contribution in [2.75, 3.05) is 5.32 Å². The molecule has 0 aliphatic rings. The summed E-state index contributed by atoms with van der Waals surface area (Å²) in [5, 5.41) is 8.80. The fourth-order valence-electron chi connectivity index (χ4n) is 2.33. The molecule has 0 radical (unpaired) electrons. The van der Waals surface area contributed by atoms with Crippen LogP contribution in [0.25, 0.3) is 10.6 Å². The molecule has 1 amide bonds. The highest BCUT2D eigenvalue weighted by atomic mass is 32.1. The van der Waals surface area contributed by atoms with E-state index in [9.17, 15) is 14.0 Å². The fourth-order valence-corrected chi connectivity index (χ4v) is 3.02. The topological polar surface area (TPSA) is 64.0 Å². The Labute approximate surface area is 147 Å². The van der Waals surface area contributed by atoms with Crippen LogP contribution in [0.1, 0.15) is 12.8 Å². The van der Waals surface area contributed by atoms with Gasteiger partial charge in [0.15, 0.2) is 0 Å². The van der Waals surface area contributed by atoms with E-state index in [2.05, 4.69) is 10.4 Å². The van der Waals surface area contributed by atoms with E-state index in [-0.39, 0.29) is 23.6 Å². The smallest absolute Gasteiger partial charge is 0.266 e. The molecule has 25 heavy (non-hydrogen) atoms. The SMILES string of the molecule is O=C(CCCn1nc(-c2cccs2)ccc1=O)Nc1ccccc1F. The van der Waals surface area contributed by atoms with E-state index in [1.165, 1.54) is 22.9 Å². The van der Waals surface area contributed by atoms with Crippen molar-refractivity contribution in [3.05, 3.63) is 70.1 Å². The molecule has 0 atom stereocenters. The molecule has 0 saturated carbocycles. The Morgan fingerprint density at radius 1 is 1.16 bits per heavy atom. The number of carbonyl (C=O) groups is 1. The van der Waals surface area contributed by atoms with Crippen molar-refractivity contribution in [1.82, 2.24) is 9.78 Å². The van der Waals surface area contributed by atoms with Gasteiger partial charge in [-0.05, 0) is 36.1 Å². The Hall–Kier alpha value is -2.80. The maximum atomic E-state index is 13.5. The van der Waals surface area contributed by atoms with Gasteiger partial charge in [0.1, 0.15) is 11.5 Å². The maximum Gasteiger partial charge on any atom is 0.266 e. The average Bonchev–Trinajstić information content (AvgIpc) is 3.13. The molecule has 3 rings (SSSR count). The summed E-state index contributed by atoms with van der Waals surface area (Å²) in [5.74, 6) is -0.773. The first-order valence-corrected chi connectivity index (χ1v) is 8.68. The van der Waals surface area contributed by atoms with E-state index in [0.29, 0.717) is 13.0 Å². The lowest BCUT2D eigenvalue weighted by Crippen LogP contribution is -2.23. The van der Waals surface area contributed by atoms with Crippen LogP contribution in [0.2, 0.25) is 0 Å². The number of rotatable bonds is 6. The molecule has 0 bridgehead atoms. The molecule has 0 aliphatic carbocycles. The first-order valence-electron chi connectivity index (χ1n) is 7.80. The van der Waals surface area contributed by atoms with Gasteiger partial charge in [0.2, 0.25) is 5.91 Å². The number of para-hydroxylation sites is 1. The minimum absolute atomic E-state index is 0.155.